The molecule has 4 rings (SSSR count). The van der Waals surface area contributed by atoms with E-state index in [4.69, 9.17) is 8.83 Å². The lowest BCUT2D eigenvalue weighted by atomic mass is 10.0. The second-order valence-electron chi connectivity index (χ2n) is 5.57. The number of hydrogen-bond donors (Lipinski definition) is 0. The van der Waals surface area contributed by atoms with Crippen molar-refractivity contribution in [3.63, 3.8) is 0 Å². The van der Waals surface area contributed by atoms with Crippen LogP contribution in [0.1, 0.15) is 24.0 Å². The number of furan rings is 1. The van der Waals surface area contributed by atoms with Gasteiger partial charge in [-0.25, -0.2) is 4.79 Å². The minimum atomic E-state index is -0.287. The van der Waals surface area contributed by atoms with Crippen LogP contribution >= 0.6 is 22.6 Å². The Hall–Kier alpha value is -1.82. The second-order valence-corrected chi connectivity index (χ2v) is 6.81. The maximum absolute atomic E-state index is 12.3. The van der Waals surface area contributed by atoms with Gasteiger partial charge in [0.1, 0.15) is 17.3 Å². The van der Waals surface area contributed by atoms with E-state index in [0.717, 1.165) is 37.2 Å². The standard InChI is InChI=1S/C18H13IO3/c1-9-3-6-15-16(17-13(9)7-10(2)21-17)12-5-4-11(19)8-14(12)18(20)22-15/h3-5,7-8H,6H2,1-2H3. The number of benzene rings is 1. The lowest BCUT2D eigenvalue weighted by molar-refractivity contribution is 0.475. The molecule has 0 bridgehead atoms. The molecule has 1 aliphatic carbocycles. The molecule has 3 aromatic rings. The predicted molar refractivity (Wildman–Crippen MR) is 95.0 cm³/mol. The van der Waals surface area contributed by atoms with E-state index in [1.54, 1.807) is 0 Å². The van der Waals surface area contributed by atoms with Gasteiger partial charge in [-0.2, -0.15) is 0 Å². The van der Waals surface area contributed by atoms with Gasteiger partial charge in [0.25, 0.3) is 0 Å². The van der Waals surface area contributed by atoms with Crippen molar-refractivity contribution >= 4 is 38.9 Å². The summed E-state index contributed by atoms with van der Waals surface area (Å²) in [6, 6.07) is 7.89. The zero-order valence-electron chi connectivity index (χ0n) is 12.2. The summed E-state index contributed by atoms with van der Waals surface area (Å²) in [7, 11) is 0. The van der Waals surface area contributed by atoms with Crippen molar-refractivity contribution in [2.45, 2.75) is 20.3 Å². The third-order valence-corrected chi connectivity index (χ3v) is 4.74. The highest BCUT2D eigenvalue weighted by Gasteiger charge is 2.24. The second kappa shape index (κ2) is 4.84. The molecule has 22 heavy (non-hydrogen) atoms. The van der Waals surface area contributed by atoms with Crippen molar-refractivity contribution in [2.24, 2.45) is 0 Å². The normalized spacial score (nSPS) is 13.5. The van der Waals surface area contributed by atoms with Gasteiger partial charge in [-0.1, -0.05) is 12.1 Å². The minimum Gasteiger partial charge on any atom is -0.461 e. The Morgan fingerprint density at radius 2 is 1.91 bits per heavy atom. The van der Waals surface area contributed by atoms with Crippen molar-refractivity contribution in [3.8, 4) is 11.3 Å². The first-order chi connectivity index (χ1) is 10.5. The van der Waals surface area contributed by atoms with Crippen LogP contribution in [0.25, 0.3) is 27.7 Å². The van der Waals surface area contributed by atoms with E-state index in [1.807, 2.05) is 31.2 Å². The maximum Gasteiger partial charge on any atom is 0.343 e. The van der Waals surface area contributed by atoms with E-state index in [9.17, 15) is 4.79 Å². The molecule has 0 atom stereocenters. The summed E-state index contributed by atoms with van der Waals surface area (Å²) in [5.74, 6) is 2.33. The third kappa shape index (κ3) is 1.97. The average molecular weight is 404 g/mol. The molecule has 0 unspecified atom stereocenters. The molecule has 2 heterocycles. The molecule has 0 saturated heterocycles. The number of rotatable bonds is 0. The van der Waals surface area contributed by atoms with Gasteiger partial charge < -0.3 is 8.83 Å². The molecule has 0 spiro atoms. The minimum absolute atomic E-state index is 0.287. The van der Waals surface area contributed by atoms with Crippen LogP contribution in [0.4, 0.5) is 0 Å². The van der Waals surface area contributed by atoms with Crippen LogP contribution in [0.15, 0.2) is 44.0 Å². The fourth-order valence-corrected chi connectivity index (χ4v) is 3.50. The molecule has 110 valence electrons. The van der Waals surface area contributed by atoms with Gasteiger partial charge in [0.2, 0.25) is 0 Å². The molecule has 0 amide bonds. The van der Waals surface area contributed by atoms with Gasteiger partial charge in [0, 0.05) is 20.9 Å². The zero-order valence-corrected chi connectivity index (χ0v) is 14.4. The molecule has 1 aliphatic rings. The van der Waals surface area contributed by atoms with Crippen LogP contribution in [0.2, 0.25) is 0 Å². The number of halogens is 1. The van der Waals surface area contributed by atoms with Crippen molar-refractivity contribution < 1.29 is 8.83 Å². The highest BCUT2D eigenvalue weighted by molar-refractivity contribution is 14.1. The third-order valence-electron chi connectivity index (χ3n) is 4.07. The molecule has 3 nitrogen and oxygen atoms in total. The Bertz CT molecular complexity index is 1010. The summed E-state index contributed by atoms with van der Waals surface area (Å²) >= 11 is 2.20. The summed E-state index contributed by atoms with van der Waals surface area (Å²) < 4.78 is 12.6. The fraction of sp³-hybridized carbons (Fsp3) is 0.167. The number of fused-ring (bicyclic) bond motifs is 5. The lowest BCUT2D eigenvalue weighted by Gasteiger charge is -2.08. The SMILES string of the molecule is CC1=CCc2oc(=O)c3cc(I)ccc3c2-c2oc(C)cc21. The Balaban J connectivity index is 2.20. The van der Waals surface area contributed by atoms with Gasteiger partial charge in [0.15, 0.2) is 0 Å². The van der Waals surface area contributed by atoms with E-state index in [1.165, 1.54) is 0 Å². The van der Waals surface area contributed by atoms with Crippen LogP contribution in [0.5, 0.6) is 0 Å². The molecule has 0 fully saturated rings. The molecule has 0 N–H and O–H groups in total. The summed E-state index contributed by atoms with van der Waals surface area (Å²) in [6.45, 7) is 3.99. The van der Waals surface area contributed by atoms with Crippen LogP contribution < -0.4 is 5.63 Å². The zero-order chi connectivity index (χ0) is 15.4. The predicted octanol–water partition coefficient (Wildman–Crippen LogP) is 4.93. The van der Waals surface area contributed by atoms with E-state index in [-0.39, 0.29) is 5.63 Å². The van der Waals surface area contributed by atoms with E-state index < -0.39 is 0 Å². The van der Waals surface area contributed by atoms with Crippen LogP contribution in [0.3, 0.4) is 0 Å². The summed E-state index contributed by atoms with van der Waals surface area (Å²) in [5.41, 5.74) is 2.83. The molecule has 2 aromatic heterocycles. The first-order valence-electron chi connectivity index (χ1n) is 7.08. The lowest BCUT2D eigenvalue weighted by Crippen LogP contribution is -2.04. The maximum atomic E-state index is 12.3. The van der Waals surface area contributed by atoms with Gasteiger partial charge in [0.05, 0.1) is 10.9 Å². The van der Waals surface area contributed by atoms with Crippen molar-refractivity contribution in [1.29, 1.82) is 0 Å². The van der Waals surface area contributed by atoms with Gasteiger partial charge >= 0.3 is 5.63 Å². The van der Waals surface area contributed by atoms with Crippen molar-refractivity contribution in [1.82, 2.24) is 0 Å². The van der Waals surface area contributed by atoms with Crippen LogP contribution in [-0.4, -0.2) is 0 Å². The van der Waals surface area contributed by atoms with Crippen LogP contribution in [-0.2, 0) is 6.42 Å². The van der Waals surface area contributed by atoms with E-state index >= 15 is 0 Å². The molecule has 1 aromatic carbocycles. The molecule has 0 aliphatic heterocycles. The first-order valence-corrected chi connectivity index (χ1v) is 8.15. The monoisotopic (exact) mass is 404 g/mol. The Morgan fingerprint density at radius 1 is 1.09 bits per heavy atom. The molecular weight excluding hydrogens is 391 g/mol. The Morgan fingerprint density at radius 3 is 2.73 bits per heavy atom. The Kier molecular flexibility index (Phi) is 3.04. The topological polar surface area (TPSA) is 43.4 Å². The Labute approximate surface area is 140 Å². The largest absolute Gasteiger partial charge is 0.461 e. The van der Waals surface area contributed by atoms with Gasteiger partial charge in [-0.3, -0.25) is 0 Å². The summed E-state index contributed by atoms with van der Waals surface area (Å²) in [5, 5.41) is 1.50. The van der Waals surface area contributed by atoms with Crippen LogP contribution in [0, 0.1) is 10.5 Å². The first kappa shape index (κ1) is 13.8. The highest BCUT2D eigenvalue weighted by atomic mass is 127. The molecule has 0 radical (unpaired) electrons. The molecular formula is C18H13IO3. The summed E-state index contributed by atoms with van der Waals surface area (Å²) in [4.78, 5) is 12.3. The van der Waals surface area contributed by atoms with E-state index in [0.29, 0.717) is 17.6 Å². The average Bonchev–Trinajstić information content (AvgIpc) is 2.81. The quantitative estimate of drug-likeness (QED) is 0.500. The molecule has 0 saturated carbocycles. The smallest absolute Gasteiger partial charge is 0.343 e. The number of allylic oxidation sites excluding steroid dienone is 2. The van der Waals surface area contributed by atoms with E-state index in [2.05, 4.69) is 35.6 Å². The highest BCUT2D eigenvalue weighted by Crippen LogP contribution is 2.40. The van der Waals surface area contributed by atoms with Crippen molar-refractivity contribution in [3.05, 3.63) is 61.4 Å². The summed E-state index contributed by atoms with van der Waals surface area (Å²) in [6.07, 6.45) is 2.68. The van der Waals surface area contributed by atoms with Gasteiger partial charge in [-0.05, 0) is 60.2 Å². The van der Waals surface area contributed by atoms with Crippen molar-refractivity contribution in [2.75, 3.05) is 0 Å². The van der Waals surface area contributed by atoms with Gasteiger partial charge in [-0.15, -0.1) is 0 Å². The number of aryl methyl sites for hydroxylation is 1. The molecule has 4 heteroatoms. The fourth-order valence-electron chi connectivity index (χ4n) is 3.01. The number of hydrogen-bond acceptors (Lipinski definition) is 3.